The van der Waals surface area contributed by atoms with Crippen LogP contribution in [0.15, 0.2) is 17.4 Å². The number of aliphatic hydroxyl groups is 2. The highest BCUT2D eigenvalue weighted by atomic mass is 35.5. The Hall–Kier alpha value is -1.40. The zero-order valence-electron chi connectivity index (χ0n) is 7.96. The number of aliphatic hydroxyl groups excluding tert-OH is 2. The van der Waals surface area contributed by atoms with Gasteiger partial charge in [-0.3, -0.25) is 0 Å². The first kappa shape index (κ1) is 12.7. The molecule has 0 amide bonds. The Morgan fingerprint density at radius 3 is 2.88 bits per heavy atom. The van der Waals surface area contributed by atoms with Gasteiger partial charge in [-0.2, -0.15) is 4.39 Å². The first-order valence-corrected chi connectivity index (χ1v) is 4.62. The van der Waals surface area contributed by atoms with E-state index in [9.17, 15) is 14.6 Å². The monoisotopic (exact) mass is 246 g/mol. The Kier molecular flexibility index (Phi) is 4.45. The van der Waals surface area contributed by atoms with Crippen LogP contribution in [0.1, 0.15) is 11.7 Å². The van der Waals surface area contributed by atoms with Crippen LogP contribution < -0.4 is 0 Å². The maximum absolute atomic E-state index is 12.7. The molecule has 16 heavy (non-hydrogen) atoms. The van der Waals surface area contributed by atoms with E-state index in [2.05, 4.69) is 15.0 Å². The zero-order chi connectivity index (χ0) is 12.1. The molecule has 2 unspecified atom stereocenters. The molecule has 0 aliphatic heterocycles. The summed E-state index contributed by atoms with van der Waals surface area (Å²) >= 11 is 5.45. The average Bonchev–Trinajstić information content (AvgIpc) is 2.28. The Morgan fingerprint density at radius 2 is 2.31 bits per heavy atom. The van der Waals surface area contributed by atoms with E-state index in [0.717, 1.165) is 12.3 Å². The molecule has 0 aliphatic rings. The highest BCUT2D eigenvalue weighted by molar-refractivity contribution is 6.30. The van der Waals surface area contributed by atoms with Gasteiger partial charge in [0.1, 0.15) is 6.10 Å². The van der Waals surface area contributed by atoms with Crippen LogP contribution in [0, 0.1) is 5.95 Å². The maximum atomic E-state index is 12.7. The van der Waals surface area contributed by atoms with E-state index in [1.165, 1.54) is 0 Å². The minimum absolute atomic E-state index is 0.145. The van der Waals surface area contributed by atoms with Gasteiger partial charge in [-0.1, -0.05) is 16.7 Å². The van der Waals surface area contributed by atoms with E-state index in [4.69, 9.17) is 17.1 Å². The Labute approximate surface area is 94.9 Å². The normalized spacial score (nSPS) is 14.0. The SMILES string of the molecule is [N-]=[N+]=NCC(O)C(O)c1cnc(F)c(Cl)c1. The molecular formula is C8H8ClFN4O2. The molecule has 0 saturated heterocycles. The fourth-order valence-corrected chi connectivity index (χ4v) is 1.21. The van der Waals surface area contributed by atoms with Crippen molar-refractivity contribution in [2.24, 2.45) is 5.11 Å². The zero-order valence-corrected chi connectivity index (χ0v) is 8.71. The molecule has 1 heterocycles. The van der Waals surface area contributed by atoms with Gasteiger partial charge in [0.2, 0.25) is 5.95 Å². The van der Waals surface area contributed by atoms with Crippen molar-refractivity contribution in [3.63, 3.8) is 0 Å². The van der Waals surface area contributed by atoms with Gasteiger partial charge in [-0.25, -0.2) is 4.98 Å². The van der Waals surface area contributed by atoms with Crippen molar-refractivity contribution < 1.29 is 14.6 Å². The van der Waals surface area contributed by atoms with E-state index in [0.29, 0.717) is 0 Å². The molecule has 1 rings (SSSR count). The van der Waals surface area contributed by atoms with E-state index in [-0.39, 0.29) is 17.1 Å². The maximum Gasteiger partial charge on any atom is 0.231 e. The van der Waals surface area contributed by atoms with E-state index in [1.54, 1.807) is 0 Å². The summed E-state index contributed by atoms with van der Waals surface area (Å²) in [6.45, 7) is -0.299. The molecule has 2 N–H and O–H groups in total. The fraction of sp³-hybridized carbons (Fsp3) is 0.375. The second-order valence-corrected chi connectivity index (χ2v) is 3.37. The predicted molar refractivity (Wildman–Crippen MR) is 54.2 cm³/mol. The number of hydrogen-bond donors (Lipinski definition) is 2. The number of nitrogens with zero attached hydrogens (tertiary/aromatic N) is 4. The minimum Gasteiger partial charge on any atom is -0.390 e. The molecule has 86 valence electrons. The van der Waals surface area contributed by atoms with Crippen molar-refractivity contribution in [1.29, 1.82) is 0 Å². The van der Waals surface area contributed by atoms with Gasteiger partial charge in [0, 0.05) is 16.7 Å². The molecule has 8 heteroatoms. The van der Waals surface area contributed by atoms with Gasteiger partial charge in [0.15, 0.2) is 0 Å². The van der Waals surface area contributed by atoms with Crippen LogP contribution >= 0.6 is 11.6 Å². The third kappa shape index (κ3) is 3.04. The highest BCUT2D eigenvalue weighted by Crippen LogP contribution is 2.21. The second kappa shape index (κ2) is 5.62. The lowest BCUT2D eigenvalue weighted by Crippen LogP contribution is -2.21. The summed E-state index contributed by atoms with van der Waals surface area (Å²) in [6.07, 6.45) is -1.58. The molecule has 0 saturated carbocycles. The lowest BCUT2D eigenvalue weighted by atomic mass is 10.1. The van der Waals surface area contributed by atoms with Gasteiger partial charge in [0.05, 0.1) is 17.7 Å². The average molecular weight is 247 g/mol. The Balaban J connectivity index is 2.82. The highest BCUT2D eigenvalue weighted by Gasteiger charge is 2.19. The summed E-state index contributed by atoms with van der Waals surface area (Å²) < 4.78 is 12.7. The third-order valence-electron chi connectivity index (χ3n) is 1.86. The van der Waals surface area contributed by atoms with Crippen LogP contribution in [0.3, 0.4) is 0 Å². The molecule has 0 fully saturated rings. The Morgan fingerprint density at radius 1 is 1.62 bits per heavy atom. The molecule has 1 aromatic heterocycles. The lowest BCUT2D eigenvalue weighted by Gasteiger charge is -2.15. The summed E-state index contributed by atoms with van der Waals surface area (Å²) in [4.78, 5) is 5.72. The van der Waals surface area contributed by atoms with Crippen LogP contribution in [0.25, 0.3) is 10.4 Å². The van der Waals surface area contributed by atoms with Crippen molar-refractivity contribution in [2.45, 2.75) is 12.2 Å². The third-order valence-corrected chi connectivity index (χ3v) is 2.12. The molecular weight excluding hydrogens is 239 g/mol. The van der Waals surface area contributed by atoms with Crippen molar-refractivity contribution >= 4 is 11.6 Å². The molecule has 2 atom stereocenters. The standard InChI is InChI=1S/C8H8ClFN4O2/c9-5-1-4(2-12-8(5)10)7(16)6(15)3-13-14-11/h1-2,6-7,15-16H,3H2. The first-order chi connectivity index (χ1) is 7.56. The van der Waals surface area contributed by atoms with Crippen molar-refractivity contribution in [3.8, 4) is 0 Å². The number of pyridine rings is 1. The van der Waals surface area contributed by atoms with Crippen LogP contribution in [0.5, 0.6) is 0 Å². The van der Waals surface area contributed by atoms with E-state index < -0.39 is 18.2 Å². The molecule has 0 aliphatic carbocycles. The quantitative estimate of drug-likeness (QED) is 0.365. The van der Waals surface area contributed by atoms with Gasteiger partial charge in [-0.05, 0) is 11.6 Å². The van der Waals surface area contributed by atoms with Gasteiger partial charge < -0.3 is 10.2 Å². The van der Waals surface area contributed by atoms with Crippen LogP contribution in [0.2, 0.25) is 5.02 Å². The number of rotatable bonds is 4. The predicted octanol–water partition coefficient (Wildman–Crippen LogP) is 1.58. The molecule has 0 radical (unpaired) electrons. The fourth-order valence-electron chi connectivity index (χ4n) is 1.04. The first-order valence-electron chi connectivity index (χ1n) is 4.24. The summed E-state index contributed by atoms with van der Waals surface area (Å²) in [6, 6.07) is 1.15. The largest absolute Gasteiger partial charge is 0.390 e. The summed E-state index contributed by atoms with van der Waals surface area (Å²) in [5, 5.41) is 21.8. The van der Waals surface area contributed by atoms with Gasteiger partial charge >= 0.3 is 0 Å². The molecule has 6 nitrogen and oxygen atoms in total. The number of azide groups is 1. The van der Waals surface area contributed by atoms with Gasteiger partial charge in [0.25, 0.3) is 0 Å². The van der Waals surface area contributed by atoms with Crippen molar-refractivity contribution in [2.75, 3.05) is 6.54 Å². The summed E-state index contributed by atoms with van der Waals surface area (Å²) in [7, 11) is 0. The van der Waals surface area contributed by atoms with Crippen LogP contribution in [-0.4, -0.2) is 27.8 Å². The van der Waals surface area contributed by atoms with Crippen molar-refractivity contribution in [1.82, 2.24) is 4.98 Å². The summed E-state index contributed by atoms with van der Waals surface area (Å²) in [5.41, 5.74) is 8.18. The number of aromatic nitrogens is 1. The molecule has 0 bridgehead atoms. The molecule has 1 aromatic rings. The van der Waals surface area contributed by atoms with Gasteiger partial charge in [-0.15, -0.1) is 0 Å². The lowest BCUT2D eigenvalue weighted by molar-refractivity contribution is 0.0241. The number of halogens is 2. The van der Waals surface area contributed by atoms with Crippen LogP contribution in [-0.2, 0) is 0 Å². The molecule has 0 spiro atoms. The van der Waals surface area contributed by atoms with Crippen LogP contribution in [0.4, 0.5) is 4.39 Å². The van der Waals surface area contributed by atoms with Crippen molar-refractivity contribution in [3.05, 3.63) is 39.2 Å². The smallest absolute Gasteiger partial charge is 0.231 e. The van der Waals surface area contributed by atoms with E-state index >= 15 is 0 Å². The molecule has 0 aromatic carbocycles. The minimum atomic E-state index is -1.34. The van der Waals surface area contributed by atoms with E-state index in [1.807, 2.05) is 0 Å². The second-order valence-electron chi connectivity index (χ2n) is 2.97. The Bertz CT molecular complexity index is 424. The number of hydrogen-bond acceptors (Lipinski definition) is 4. The summed E-state index contributed by atoms with van der Waals surface area (Å²) in [5.74, 6) is -0.859. The topological polar surface area (TPSA) is 102 Å².